The van der Waals surface area contributed by atoms with E-state index in [1.165, 1.54) is 11.1 Å². The van der Waals surface area contributed by atoms with Gasteiger partial charge in [-0.15, -0.1) is 0 Å². The van der Waals surface area contributed by atoms with Crippen molar-refractivity contribution in [3.05, 3.63) is 65.7 Å². The smallest absolute Gasteiger partial charge is 0.119 e. The summed E-state index contributed by atoms with van der Waals surface area (Å²) in [4.78, 5) is 0. The molecule has 18 heavy (non-hydrogen) atoms. The fraction of sp³-hybridized carbons (Fsp3) is 0.250. The maximum absolute atomic E-state index is 5.75. The van der Waals surface area contributed by atoms with Gasteiger partial charge in [0.15, 0.2) is 0 Å². The predicted octanol–water partition coefficient (Wildman–Crippen LogP) is 4.59. The molecule has 0 spiro atoms. The molecule has 0 amide bonds. The zero-order chi connectivity index (χ0) is 12.6. The Balaban J connectivity index is 1.75. The van der Waals surface area contributed by atoms with Crippen molar-refractivity contribution < 1.29 is 4.74 Å². The Labute approximate surface area is 117 Å². The topological polar surface area (TPSA) is 9.23 Å². The van der Waals surface area contributed by atoms with Crippen molar-refractivity contribution in [2.75, 3.05) is 6.61 Å². The molecule has 0 aliphatic heterocycles. The number of hydrogen-bond donors (Lipinski definition) is 0. The van der Waals surface area contributed by atoms with Gasteiger partial charge in [-0.1, -0.05) is 58.4 Å². The van der Waals surface area contributed by atoms with Crippen LogP contribution < -0.4 is 4.74 Å². The van der Waals surface area contributed by atoms with Crippen LogP contribution in [0, 0.1) is 0 Å². The minimum absolute atomic E-state index is 0.765. The molecule has 0 heterocycles. The maximum Gasteiger partial charge on any atom is 0.119 e. The Morgan fingerprint density at radius 2 is 1.67 bits per heavy atom. The second kappa shape index (κ2) is 7.22. The third kappa shape index (κ3) is 4.19. The number of benzene rings is 2. The summed E-state index contributed by atoms with van der Waals surface area (Å²) in [5, 5.41) is 0.869. The monoisotopic (exact) mass is 304 g/mol. The lowest BCUT2D eigenvalue weighted by molar-refractivity contribution is 0.311. The molecule has 0 saturated heterocycles. The van der Waals surface area contributed by atoms with Crippen LogP contribution in [-0.2, 0) is 11.8 Å². The van der Waals surface area contributed by atoms with Gasteiger partial charge in [0.2, 0.25) is 0 Å². The standard InChI is InChI=1S/C16H17BrO/c17-13-15-8-4-10-16(12-15)18-11-5-9-14-6-2-1-3-7-14/h1-4,6-8,10,12H,5,9,11,13H2. The molecule has 0 bridgehead atoms. The van der Waals surface area contributed by atoms with Crippen LogP contribution in [0.2, 0.25) is 0 Å². The van der Waals surface area contributed by atoms with Crippen LogP contribution in [0.25, 0.3) is 0 Å². The summed E-state index contributed by atoms with van der Waals surface area (Å²) < 4.78 is 5.75. The molecule has 0 N–H and O–H groups in total. The Morgan fingerprint density at radius 3 is 2.44 bits per heavy atom. The Morgan fingerprint density at radius 1 is 0.889 bits per heavy atom. The minimum atomic E-state index is 0.765. The average Bonchev–Trinajstić information content (AvgIpc) is 2.45. The highest BCUT2D eigenvalue weighted by Gasteiger charge is 1.97. The summed E-state index contributed by atoms with van der Waals surface area (Å²) in [6.45, 7) is 0.765. The normalized spacial score (nSPS) is 10.3. The SMILES string of the molecule is BrCc1cccc(OCCCc2ccccc2)c1. The predicted molar refractivity (Wildman–Crippen MR) is 79.3 cm³/mol. The molecule has 1 nitrogen and oxygen atoms in total. The number of hydrogen-bond acceptors (Lipinski definition) is 1. The number of ether oxygens (including phenoxy) is 1. The van der Waals surface area contributed by atoms with Crippen molar-refractivity contribution in [2.24, 2.45) is 0 Å². The van der Waals surface area contributed by atoms with Crippen molar-refractivity contribution >= 4 is 15.9 Å². The zero-order valence-corrected chi connectivity index (χ0v) is 11.9. The largest absolute Gasteiger partial charge is 0.494 e. The average molecular weight is 305 g/mol. The zero-order valence-electron chi connectivity index (χ0n) is 10.3. The lowest BCUT2D eigenvalue weighted by atomic mass is 10.1. The molecular formula is C16H17BrO. The van der Waals surface area contributed by atoms with E-state index in [0.717, 1.165) is 30.5 Å². The first-order chi connectivity index (χ1) is 8.88. The highest BCUT2D eigenvalue weighted by Crippen LogP contribution is 2.15. The highest BCUT2D eigenvalue weighted by molar-refractivity contribution is 9.08. The molecule has 0 fully saturated rings. The van der Waals surface area contributed by atoms with Gasteiger partial charge >= 0.3 is 0 Å². The van der Waals surface area contributed by atoms with Crippen LogP contribution >= 0.6 is 15.9 Å². The quantitative estimate of drug-likeness (QED) is 0.560. The molecule has 0 saturated carbocycles. The van der Waals surface area contributed by atoms with Crippen molar-refractivity contribution in [1.82, 2.24) is 0 Å². The summed E-state index contributed by atoms with van der Waals surface area (Å²) >= 11 is 3.45. The molecule has 0 atom stereocenters. The van der Waals surface area contributed by atoms with Gasteiger partial charge in [-0.2, -0.15) is 0 Å². The van der Waals surface area contributed by atoms with E-state index in [9.17, 15) is 0 Å². The van der Waals surface area contributed by atoms with E-state index in [0.29, 0.717) is 0 Å². The molecule has 2 heteroatoms. The van der Waals surface area contributed by atoms with Crippen LogP contribution in [0.3, 0.4) is 0 Å². The van der Waals surface area contributed by atoms with E-state index in [1.807, 2.05) is 18.2 Å². The van der Waals surface area contributed by atoms with Crippen LogP contribution in [0.5, 0.6) is 5.75 Å². The van der Waals surface area contributed by atoms with Crippen LogP contribution in [0.4, 0.5) is 0 Å². The van der Waals surface area contributed by atoms with E-state index in [4.69, 9.17) is 4.74 Å². The van der Waals surface area contributed by atoms with Crippen LogP contribution in [0.15, 0.2) is 54.6 Å². The first kappa shape index (κ1) is 13.2. The lowest BCUT2D eigenvalue weighted by Gasteiger charge is -2.07. The number of aryl methyl sites for hydroxylation is 1. The molecule has 0 aliphatic carbocycles. The second-order valence-corrected chi connectivity index (χ2v) is 4.78. The molecule has 0 aliphatic rings. The molecule has 0 unspecified atom stereocenters. The Bertz CT molecular complexity index is 468. The van der Waals surface area contributed by atoms with Gasteiger partial charge in [0.05, 0.1) is 6.61 Å². The van der Waals surface area contributed by atoms with Gasteiger partial charge in [0.25, 0.3) is 0 Å². The van der Waals surface area contributed by atoms with Gasteiger partial charge in [-0.3, -0.25) is 0 Å². The van der Waals surface area contributed by atoms with Crippen molar-refractivity contribution in [1.29, 1.82) is 0 Å². The fourth-order valence-corrected chi connectivity index (χ4v) is 2.18. The lowest BCUT2D eigenvalue weighted by Crippen LogP contribution is -1.99. The van der Waals surface area contributed by atoms with Crippen molar-refractivity contribution in [2.45, 2.75) is 18.2 Å². The van der Waals surface area contributed by atoms with Crippen molar-refractivity contribution in [3.63, 3.8) is 0 Å². The fourth-order valence-electron chi connectivity index (χ4n) is 1.83. The summed E-state index contributed by atoms with van der Waals surface area (Å²) in [5.74, 6) is 0.958. The van der Waals surface area contributed by atoms with E-state index < -0.39 is 0 Å². The van der Waals surface area contributed by atoms with Crippen LogP contribution in [0.1, 0.15) is 17.5 Å². The van der Waals surface area contributed by atoms with E-state index in [2.05, 4.69) is 52.3 Å². The molecule has 94 valence electrons. The first-order valence-electron chi connectivity index (χ1n) is 6.20. The highest BCUT2D eigenvalue weighted by atomic mass is 79.9. The van der Waals surface area contributed by atoms with Crippen molar-refractivity contribution in [3.8, 4) is 5.75 Å². The minimum Gasteiger partial charge on any atom is -0.494 e. The number of halogens is 1. The summed E-state index contributed by atoms with van der Waals surface area (Å²) in [5.41, 5.74) is 2.62. The third-order valence-corrected chi connectivity index (χ3v) is 3.42. The van der Waals surface area contributed by atoms with Crippen LogP contribution in [-0.4, -0.2) is 6.61 Å². The van der Waals surface area contributed by atoms with Gasteiger partial charge in [-0.25, -0.2) is 0 Å². The molecule has 2 rings (SSSR count). The first-order valence-corrected chi connectivity index (χ1v) is 7.32. The summed E-state index contributed by atoms with van der Waals surface area (Å²) in [6, 6.07) is 18.7. The van der Waals surface area contributed by atoms with Gasteiger partial charge < -0.3 is 4.74 Å². The van der Waals surface area contributed by atoms with E-state index in [-0.39, 0.29) is 0 Å². The third-order valence-electron chi connectivity index (χ3n) is 2.77. The number of rotatable bonds is 6. The number of alkyl halides is 1. The molecule has 0 radical (unpaired) electrons. The van der Waals surface area contributed by atoms with E-state index >= 15 is 0 Å². The second-order valence-electron chi connectivity index (χ2n) is 4.22. The molecule has 2 aromatic carbocycles. The maximum atomic E-state index is 5.75. The van der Waals surface area contributed by atoms with Gasteiger partial charge in [-0.05, 0) is 36.1 Å². The summed E-state index contributed by atoms with van der Waals surface area (Å²) in [6.07, 6.45) is 2.11. The molecular weight excluding hydrogens is 288 g/mol. The molecule has 0 aromatic heterocycles. The van der Waals surface area contributed by atoms with E-state index in [1.54, 1.807) is 0 Å². The Kier molecular flexibility index (Phi) is 5.28. The van der Waals surface area contributed by atoms with Gasteiger partial charge in [0.1, 0.15) is 5.75 Å². The molecule has 2 aromatic rings. The van der Waals surface area contributed by atoms with Gasteiger partial charge in [0, 0.05) is 5.33 Å². The summed E-state index contributed by atoms with van der Waals surface area (Å²) in [7, 11) is 0. The Hall–Kier alpha value is -1.28.